The van der Waals surface area contributed by atoms with E-state index in [0.29, 0.717) is 35.6 Å². The molecule has 0 bridgehead atoms. The number of aromatic nitrogens is 2. The Morgan fingerprint density at radius 2 is 1.97 bits per heavy atom. The molecule has 0 aliphatic rings. The van der Waals surface area contributed by atoms with Gasteiger partial charge in [-0.3, -0.25) is 4.79 Å². The molecule has 0 aliphatic carbocycles. The molecular formula is C25H26ClF2N3O2. The molecular weight excluding hydrogens is 448 g/mol. The molecule has 1 unspecified atom stereocenters. The van der Waals surface area contributed by atoms with E-state index in [4.69, 9.17) is 16.3 Å². The Bertz CT molecular complexity index is 1140. The fourth-order valence-corrected chi connectivity index (χ4v) is 3.59. The zero-order chi connectivity index (χ0) is 24.0. The molecule has 3 rings (SSSR count). The summed E-state index contributed by atoms with van der Waals surface area (Å²) >= 11 is 5.86. The highest BCUT2D eigenvalue weighted by Crippen LogP contribution is 2.26. The van der Waals surface area contributed by atoms with Crippen LogP contribution in [-0.4, -0.2) is 28.4 Å². The van der Waals surface area contributed by atoms with Crippen molar-refractivity contribution in [3.05, 3.63) is 83.0 Å². The summed E-state index contributed by atoms with van der Waals surface area (Å²) in [5, 5.41) is 2.82. The molecule has 1 heterocycles. The molecule has 2 aromatic carbocycles. The van der Waals surface area contributed by atoms with E-state index in [1.54, 1.807) is 26.4 Å². The van der Waals surface area contributed by atoms with E-state index in [2.05, 4.69) is 10.3 Å². The molecule has 1 N–H and O–H groups in total. The number of amides is 1. The Balaban J connectivity index is 1.86. The monoisotopic (exact) mass is 473 g/mol. The summed E-state index contributed by atoms with van der Waals surface area (Å²) < 4.78 is 34.6. The van der Waals surface area contributed by atoms with Crippen LogP contribution in [0.5, 0.6) is 5.75 Å². The molecule has 8 heteroatoms. The molecule has 1 aromatic heterocycles. The van der Waals surface area contributed by atoms with Crippen LogP contribution >= 0.6 is 11.6 Å². The Morgan fingerprint density at radius 3 is 2.58 bits per heavy atom. The van der Waals surface area contributed by atoms with Gasteiger partial charge in [0.05, 0.1) is 30.9 Å². The fourth-order valence-electron chi connectivity index (χ4n) is 3.46. The van der Waals surface area contributed by atoms with Crippen molar-refractivity contribution in [3.8, 4) is 11.4 Å². The molecule has 0 saturated carbocycles. The van der Waals surface area contributed by atoms with Crippen LogP contribution < -0.4 is 10.1 Å². The lowest BCUT2D eigenvalue weighted by atomic mass is 10.0. The standard InChI is InChI=1S/C25H26ClF2N3O2/c1-16-14-31(15-29-16)23-7-6-18(10-24(23)33-3)9-19(5-4-8-26)25(32)30-17(2)20-11-21(27)13-22(28)12-20/h6-7,9-15,17H,4-5,8H2,1-3H3,(H,30,32). The van der Waals surface area contributed by atoms with Crippen LogP contribution in [0.3, 0.4) is 0 Å². The molecule has 0 saturated heterocycles. The topological polar surface area (TPSA) is 56.1 Å². The summed E-state index contributed by atoms with van der Waals surface area (Å²) in [6, 6.07) is 8.24. The third kappa shape index (κ3) is 6.42. The third-order valence-electron chi connectivity index (χ3n) is 5.14. The predicted molar refractivity (Wildman–Crippen MR) is 126 cm³/mol. The number of halogens is 3. The number of nitrogens with one attached hydrogen (secondary N) is 1. The van der Waals surface area contributed by atoms with Gasteiger partial charge in [-0.15, -0.1) is 11.6 Å². The number of imidazole rings is 1. The van der Waals surface area contributed by atoms with Gasteiger partial charge in [-0.2, -0.15) is 0 Å². The summed E-state index contributed by atoms with van der Waals surface area (Å²) in [6.45, 7) is 3.58. The number of hydrogen-bond acceptors (Lipinski definition) is 3. The van der Waals surface area contributed by atoms with Crippen LogP contribution in [0.25, 0.3) is 11.8 Å². The van der Waals surface area contributed by atoms with Gasteiger partial charge in [0, 0.05) is 23.7 Å². The summed E-state index contributed by atoms with van der Waals surface area (Å²) in [5.41, 5.74) is 3.33. The summed E-state index contributed by atoms with van der Waals surface area (Å²) in [5.74, 6) is -0.682. The van der Waals surface area contributed by atoms with Crippen LogP contribution in [-0.2, 0) is 4.79 Å². The van der Waals surface area contributed by atoms with Crippen molar-refractivity contribution >= 4 is 23.6 Å². The van der Waals surface area contributed by atoms with Crippen LogP contribution in [0.15, 0.2) is 54.5 Å². The zero-order valence-electron chi connectivity index (χ0n) is 18.7. The molecule has 3 aromatic rings. The minimum Gasteiger partial charge on any atom is -0.495 e. The molecule has 0 radical (unpaired) electrons. The largest absolute Gasteiger partial charge is 0.495 e. The SMILES string of the molecule is COc1cc(C=C(CCCCl)C(=O)NC(C)c2cc(F)cc(F)c2)ccc1-n1cnc(C)c1. The van der Waals surface area contributed by atoms with Gasteiger partial charge in [-0.05, 0) is 68.2 Å². The van der Waals surface area contributed by atoms with Crippen molar-refractivity contribution < 1.29 is 18.3 Å². The van der Waals surface area contributed by atoms with Crippen molar-refractivity contribution in [1.82, 2.24) is 14.9 Å². The number of benzene rings is 2. The zero-order valence-corrected chi connectivity index (χ0v) is 19.5. The van der Waals surface area contributed by atoms with E-state index >= 15 is 0 Å². The van der Waals surface area contributed by atoms with Gasteiger partial charge >= 0.3 is 0 Å². The molecule has 0 aliphatic heterocycles. The number of ether oxygens (including phenoxy) is 1. The first-order chi connectivity index (χ1) is 15.8. The first-order valence-corrected chi connectivity index (χ1v) is 11.1. The van der Waals surface area contributed by atoms with Crippen molar-refractivity contribution in [1.29, 1.82) is 0 Å². The Hall–Kier alpha value is -3.19. The Morgan fingerprint density at radius 1 is 1.24 bits per heavy atom. The second-order valence-corrected chi connectivity index (χ2v) is 8.09. The molecule has 1 atom stereocenters. The second-order valence-electron chi connectivity index (χ2n) is 7.71. The van der Waals surface area contributed by atoms with Gasteiger partial charge in [0.1, 0.15) is 17.4 Å². The highest BCUT2D eigenvalue weighted by molar-refractivity contribution is 6.17. The van der Waals surface area contributed by atoms with Crippen LogP contribution in [0, 0.1) is 18.6 Å². The van der Waals surface area contributed by atoms with Crippen molar-refractivity contribution in [3.63, 3.8) is 0 Å². The van der Waals surface area contributed by atoms with Crippen LogP contribution in [0.1, 0.15) is 42.6 Å². The maximum atomic E-state index is 13.6. The van der Waals surface area contributed by atoms with E-state index in [-0.39, 0.29) is 5.91 Å². The van der Waals surface area contributed by atoms with Crippen LogP contribution in [0.4, 0.5) is 8.78 Å². The van der Waals surface area contributed by atoms with Gasteiger partial charge in [-0.25, -0.2) is 13.8 Å². The second kappa shape index (κ2) is 11.1. The highest BCUT2D eigenvalue weighted by atomic mass is 35.5. The van der Waals surface area contributed by atoms with Gasteiger partial charge in [-0.1, -0.05) is 6.07 Å². The van der Waals surface area contributed by atoms with E-state index in [0.717, 1.165) is 23.0 Å². The molecule has 33 heavy (non-hydrogen) atoms. The van der Waals surface area contributed by atoms with E-state index in [1.165, 1.54) is 12.1 Å². The highest BCUT2D eigenvalue weighted by Gasteiger charge is 2.16. The number of aryl methyl sites for hydroxylation is 1. The average Bonchev–Trinajstić information content (AvgIpc) is 3.21. The minimum atomic E-state index is -0.690. The number of rotatable bonds is 9. The smallest absolute Gasteiger partial charge is 0.247 e. The molecule has 5 nitrogen and oxygen atoms in total. The number of alkyl halides is 1. The summed E-state index contributed by atoms with van der Waals surface area (Å²) in [7, 11) is 1.58. The third-order valence-corrected chi connectivity index (χ3v) is 5.41. The van der Waals surface area contributed by atoms with Crippen LogP contribution in [0.2, 0.25) is 0 Å². The molecule has 0 spiro atoms. The van der Waals surface area contributed by atoms with Crippen molar-refractivity contribution in [2.45, 2.75) is 32.7 Å². The maximum absolute atomic E-state index is 13.6. The number of carbonyl (C=O) groups is 1. The number of methoxy groups -OCH3 is 1. The summed E-state index contributed by atoms with van der Waals surface area (Å²) in [6.07, 6.45) is 6.42. The van der Waals surface area contributed by atoms with Crippen molar-refractivity contribution in [2.75, 3.05) is 13.0 Å². The lowest BCUT2D eigenvalue weighted by molar-refractivity contribution is -0.118. The molecule has 0 fully saturated rings. The number of carbonyl (C=O) groups excluding carboxylic acids is 1. The van der Waals surface area contributed by atoms with Gasteiger partial charge in [0.25, 0.3) is 0 Å². The summed E-state index contributed by atoms with van der Waals surface area (Å²) in [4.78, 5) is 17.2. The number of nitrogens with zero attached hydrogens (tertiary/aromatic N) is 2. The Labute approximate surface area is 197 Å². The fraction of sp³-hybridized carbons (Fsp3) is 0.280. The molecule has 1 amide bonds. The maximum Gasteiger partial charge on any atom is 0.247 e. The van der Waals surface area contributed by atoms with Gasteiger partial charge in [0.15, 0.2) is 0 Å². The lowest BCUT2D eigenvalue weighted by Gasteiger charge is -2.17. The number of hydrogen-bond donors (Lipinski definition) is 1. The average molecular weight is 474 g/mol. The van der Waals surface area contributed by atoms with E-state index in [9.17, 15) is 13.6 Å². The van der Waals surface area contributed by atoms with Gasteiger partial charge < -0.3 is 14.6 Å². The lowest BCUT2D eigenvalue weighted by Crippen LogP contribution is -2.28. The predicted octanol–water partition coefficient (Wildman–Crippen LogP) is 5.75. The molecule has 174 valence electrons. The normalized spacial score (nSPS) is 12.5. The van der Waals surface area contributed by atoms with Gasteiger partial charge in [0.2, 0.25) is 5.91 Å². The first-order valence-electron chi connectivity index (χ1n) is 10.5. The Kier molecular flexibility index (Phi) is 8.22. The van der Waals surface area contributed by atoms with E-state index < -0.39 is 17.7 Å². The van der Waals surface area contributed by atoms with E-state index in [1.807, 2.05) is 35.9 Å². The minimum absolute atomic E-state index is 0.328. The quantitative estimate of drug-likeness (QED) is 0.318. The first kappa shape index (κ1) is 24.5. The van der Waals surface area contributed by atoms with Crippen molar-refractivity contribution in [2.24, 2.45) is 0 Å².